The molecule has 2 aliphatic heterocycles. The van der Waals surface area contributed by atoms with Gasteiger partial charge < -0.3 is 19.5 Å². The first-order valence-electron chi connectivity index (χ1n) is 9.63. The van der Waals surface area contributed by atoms with Crippen LogP contribution < -0.4 is 9.47 Å². The van der Waals surface area contributed by atoms with Gasteiger partial charge in [-0.1, -0.05) is 31.4 Å². The van der Waals surface area contributed by atoms with Gasteiger partial charge in [0, 0.05) is 35.1 Å². The van der Waals surface area contributed by atoms with Gasteiger partial charge in [-0.2, -0.15) is 5.10 Å². The monoisotopic (exact) mass is 425 g/mol. The van der Waals surface area contributed by atoms with E-state index in [0.29, 0.717) is 31.9 Å². The zero-order chi connectivity index (χ0) is 21.1. The van der Waals surface area contributed by atoms with Gasteiger partial charge in [0.15, 0.2) is 11.5 Å². The van der Waals surface area contributed by atoms with Gasteiger partial charge in [0.1, 0.15) is 13.2 Å². The summed E-state index contributed by atoms with van der Waals surface area (Å²) in [5.41, 5.74) is 2.51. The molecular weight excluding hydrogens is 402 g/mol. The van der Waals surface area contributed by atoms with Crippen molar-refractivity contribution in [2.75, 3.05) is 19.8 Å². The lowest BCUT2D eigenvalue weighted by Crippen LogP contribution is -2.35. The van der Waals surface area contributed by atoms with E-state index in [1.807, 2.05) is 24.4 Å². The summed E-state index contributed by atoms with van der Waals surface area (Å²) in [6.07, 6.45) is 6.81. The van der Waals surface area contributed by atoms with Crippen molar-refractivity contribution >= 4 is 17.9 Å². The fraction of sp³-hybridized carbons (Fsp3) is 0.273. The van der Waals surface area contributed by atoms with E-state index in [1.54, 1.807) is 27.2 Å². The van der Waals surface area contributed by atoms with Crippen LogP contribution in [0.1, 0.15) is 11.3 Å². The number of amides is 1. The molecule has 1 aromatic carbocycles. The number of aliphatic hydroxyl groups excluding tert-OH is 1. The van der Waals surface area contributed by atoms with E-state index in [4.69, 9.17) is 9.47 Å². The van der Waals surface area contributed by atoms with E-state index >= 15 is 0 Å². The van der Waals surface area contributed by atoms with Crippen LogP contribution in [0, 0.1) is 5.92 Å². The van der Waals surface area contributed by atoms with Crippen molar-refractivity contribution < 1.29 is 19.4 Å². The highest BCUT2D eigenvalue weighted by atomic mass is 32.2. The lowest BCUT2D eigenvalue weighted by molar-refractivity contribution is -0.136. The number of nitrogens with zero attached hydrogens (tertiary/aromatic N) is 3. The minimum absolute atomic E-state index is 0.144. The molecule has 2 aromatic rings. The van der Waals surface area contributed by atoms with E-state index in [9.17, 15) is 9.90 Å². The summed E-state index contributed by atoms with van der Waals surface area (Å²) in [5, 5.41) is 14.3. The summed E-state index contributed by atoms with van der Waals surface area (Å²) in [5.74, 6) is 0.701. The Labute approximate surface area is 179 Å². The largest absolute Gasteiger partial charge is 0.486 e. The molecule has 2 aliphatic rings. The Morgan fingerprint density at radius 2 is 2.07 bits per heavy atom. The number of aliphatic hydroxyl groups is 1. The van der Waals surface area contributed by atoms with Gasteiger partial charge in [-0.15, -0.1) is 0 Å². The van der Waals surface area contributed by atoms with Crippen molar-refractivity contribution in [3.05, 3.63) is 72.6 Å². The molecule has 1 unspecified atom stereocenters. The van der Waals surface area contributed by atoms with Crippen LogP contribution in [0.5, 0.6) is 11.5 Å². The van der Waals surface area contributed by atoms with Crippen LogP contribution in [0.3, 0.4) is 0 Å². The number of carbonyl (C=O) groups is 1. The molecule has 0 aliphatic carbocycles. The molecule has 0 spiro atoms. The van der Waals surface area contributed by atoms with Crippen molar-refractivity contribution in [1.82, 2.24) is 14.1 Å². The topological polar surface area (TPSA) is 76.8 Å². The minimum atomic E-state index is -0.649. The number of hydrogen-bond donors (Lipinski definition) is 1. The summed E-state index contributed by atoms with van der Waals surface area (Å²) in [6, 6.07) is 5.81. The highest BCUT2D eigenvalue weighted by molar-refractivity contribution is 7.97. The smallest absolute Gasteiger partial charge is 0.233 e. The summed E-state index contributed by atoms with van der Waals surface area (Å²) >= 11 is 1.47. The molecule has 1 amide bonds. The van der Waals surface area contributed by atoms with Gasteiger partial charge in [-0.05, 0) is 23.8 Å². The number of allylic oxidation sites excluding steroid dienone is 3. The Kier molecular flexibility index (Phi) is 5.96. The third-order valence-corrected chi connectivity index (χ3v) is 5.85. The summed E-state index contributed by atoms with van der Waals surface area (Å²) in [7, 11) is 0. The number of benzene rings is 1. The van der Waals surface area contributed by atoms with E-state index < -0.39 is 5.92 Å². The predicted molar refractivity (Wildman–Crippen MR) is 114 cm³/mol. The first-order chi connectivity index (χ1) is 14.6. The molecule has 4 rings (SSSR count). The van der Waals surface area contributed by atoms with Crippen LogP contribution in [0.25, 0.3) is 0 Å². The lowest BCUT2D eigenvalue weighted by atomic mass is 9.98. The Morgan fingerprint density at radius 3 is 2.77 bits per heavy atom. The molecule has 0 saturated heterocycles. The Morgan fingerprint density at radius 1 is 1.27 bits per heavy atom. The molecule has 30 heavy (non-hydrogen) atoms. The molecule has 8 heteroatoms. The Balaban J connectivity index is 1.44. The molecule has 0 saturated carbocycles. The SMILES string of the molecule is C=C/C=C(\C=C)C(CO)C(=O)N1Cc2cn(Sc3ccc4c(c3)OCCO4)nc2C1. The van der Waals surface area contributed by atoms with E-state index in [2.05, 4.69) is 18.3 Å². The molecule has 0 radical (unpaired) electrons. The molecule has 3 heterocycles. The molecule has 0 bridgehead atoms. The van der Waals surface area contributed by atoms with Gasteiger partial charge in [0.2, 0.25) is 5.91 Å². The lowest BCUT2D eigenvalue weighted by Gasteiger charge is -2.22. The number of carbonyl (C=O) groups excluding carboxylic acids is 1. The molecule has 1 aromatic heterocycles. The van der Waals surface area contributed by atoms with Crippen molar-refractivity contribution in [2.45, 2.75) is 18.0 Å². The average molecular weight is 426 g/mol. The first-order valence-corrected chi connectivity index (χ1v) is 10.4. The molecule has 7 nitrogen and oxygen atoms in total. The van der Waals surface area contributed by atoms with Gasteiger partial charge in [-0.3, -0.25) is 4.79 Å². The first kappa shape index (κ1) is 20.3. The highest BCUT2D eigenvalue weighted by Gasteiger charge is 2.32. The fourth-order valence-electron chi connectivity index (χ4n) is 3.53. The third kappa shape index (κ3) is 4.01. The van der Waals surface area contributed by atoms with Gasteiger partial charge in [-0.25, -0.2) is 4.09 Å². The average Bonchev–Trinajstić information content (AvgIpc) is 3.32. The fourth-order valence-corrected chi connectivity index (χ4v) is 4.35. The normalized spacial score (nSPS) is 16.2. The second kappa shape index (κ2) is 8.81. The second-order valence-electron chi connectivity index (χ2n) is 6.94. The quantitative estimate of drug-likeness (QED) is 0.688. The van der Waals surface area contributed by atoms with E-state index in [1.165, 1.54) is 11.9 Å². The van der Waals surface area contributed by atoms with Crippen molar-refractivity contribution in [3.63, 3.8) is 0 Å². The van der Waals surface area contributed by atoms with Crippen molar-refractivity contribution in [1.29, 1.82) is 0 Å². The van der Waals surface area contributed by atoms with E-state index in [0.717, 1.165) is 27.7 Å². The van der Waals surface area contributed by atoms with Crippen LogP contribution >= 0.6 is 11.9 Å². The van der Waals surface area contributed by atoms with Gasteiger partial charge >= 0.3 is 0 Å². The van der Waals surface area contributed by atoms with Crippen LogP contribution in [0.2, 0.25) is 0 Å². The molecule has 1 atom stereocenters. The third-order valence-electron chi connectivity index (χ3n) is 5.01. The summed E-state index contributed by atoms with van der Waals surface area (Å²) in [6.45, 7) is 9.10. The van der Waals surface area contributed by atoms with Crippen LogP contribution in [0.4, 0.5) is 0 Å². The van der Waals surface area contributed by atoms with E-state index in [-0.39, 0.29) is 12.5 Å². The van der Waals surface area contributed by atoms with Crippen molar-refractivity contribution in [3.8, 4) is 11.5 Å². The number of aromatic nitrogens is 2. The maximum Gasteiger partial charge on any atom is 0.233 e. The van der Waals surface area contributed by atoms with Gasteiger partial charge in [0.25, 0.3) is 0 Å². The highest BCUT2D eigenvalue weighted by Crippen LogP contribution is 2.35. The summed E-state index contributed by atoms with van der Waals surface area (Å²) < 4.78 is 13.0. The Bertz CT molecular complexity index is 990. The number of hydrogen-bond acceptors (Lipinski definition) is 6. The minimum Gasteiger partial charge on any atom is -0.486 e. The van der Waals surface area contributed by atoms with Crippen LogP contribution in [0.15, 0.2) is 66.3 Å². The number of ether oxygens (including phenoxy) is 2. The van der Waals surface area contributed by atoms with Crippen LogP contribution in [-0.2, 0) is 17.9 Å². The number of rotatable bonds is 7. The molecule has 0 fully saturated rings. The van der Waals surface area contributed by atoms with Gasteiger partial charge in [0.05, 0.1) is 24.8 Å². The maximum absolute atomic E-state index is 12.9. The number of fused-ring (bicyclic) bond motifs is 2. The predicted octanol–water partition coefficient (Wildman–Crippen LogP) is 2.96. The second-order valence-corrected chi connectivity index (χ2v) is 7.96. The van der Waals surface area contributed by atoms with Crippen molar-refractivity contribution in [2.24, 2.45) is 5.92 Å². The zero-order valence-corrected chi connectivity index (χ0v) is 17.3. The summed E-state index contributed by atoms with van der Waals surface area (Å²) in [4.78, 5) is 15.6. The maximum atomic E-state index is 12.9. The zero-order valence-electron chi connectivity index (χ0n) is 16.5. The van der Waals surface area contributed by atoms with Crippen LogP contribution in [-0.4, -0.2) is 44.9 Å². The molecule has 1 N–H and O–H groups in total. The molecular formula is C22H23N3O4S. The Hall–Kier alpha value is -2.97. The molecule has 156 valence electrons. The standard InChI is InChI=1S/C22H23N3O4S/c1-3-5-15(4-2)18(14-26)22(27)24-11-16-12-25(23-19(16)13-24)30-17-6-7-20-21(10-17)29-9-8-28-20/h3-7,10,12,18,26H,1-2,8-9,11,13-14H2/b15-5+.